The summed E-state index contributed by atoms with van der Waals surface area (Å²) in [6.45, 7) is 4.05. The van der Waals surface area contributed by atoms with Crippen molar-refractivity contribution in [1.82, 2.24) is 10.2 Å². The summed E-state index contributed by atoms with van der Waals surface area (Å²) in [5.41, 5.74) is 2.07. The number of rotatable bonds is 7. The highest BCUT2D eigenvalue weighted by Crippen LogP contribution is 2.25. The number of carbonyl (C=O) groups excluding carboxylic acids is 2. The molecule has 1 saturated heterocycles. The maximum absolute atomic E-state index is 12.7. The summed E-state index contributed by atoms with van der Waals surface area (Å²) < 4.78 is 5.21. The molecule has 5 nitrogen and oxygen atoms in total. The molecular weight excluding hydrogens is 372 g/mol. The second kappa shape index (κ2) is 9.73. The summed E-state index contributed by atoms with van der Waals surface area (Å²) in [6.07, 6.45) is 3.40. The molecule has 0 aliphatic carbocycles. The molecule has 1 aromatic carbocycles. The summed E-state index contributed by atoms with van der Waals surface area (Å²) >= 11 is 1.51. The summed E-state index contributed by atoms with van der Waals surface area (Å²) in [6, 6.07) is 9.70. The van der Waals surface area contributed by atoms with E-state index in [1.165, 1.54) is 11.3 Å². The van der Waals surface area contributed by atoms with E-state index in [4.69, 9.17) is 4.74 Å². The van der Waals surface area contributed by atoms with Crippen molar-refractivity contribution in [2.75, 3.05) is 20.2 Å². The second-order valence-electron chi connectivity index (χ2n) is 7.36. The number of likely N-dealkylation sites (tertiary alicyclic amines) is 1. The van der Waals surface area contributed by atoms with Crippen molar-refractivity contribution in [3.63, 3.8) is 0 Å². The number of hydrogen-bond acceptors (Lipinski definition) is 4. The number of nitrogens with one attached hydrogen (secondary N) is 1. The molecule has 2 heterocycles. The van der Waals surface area contributed by atoms with Crippen LogP contribution in [0, 0.1) is 12.8 Å². The first-order chi connectivity index (χ1) is 13.6. The first kappa shape index (κ1) is 20.4. The quantitative estimate of drug-likeness (QED) is 0.764. The van der Waals surface area contributed by atoms with Crippen LogP contribution in [0.25, 0.3) is 0 Å². The third kappa shape index (κ3) is 5.35. The van der Waals surface area contributed by atoms with E-state index >= 15 is 0 Å². The number of ether oxygens (including phenoxy) is 1. The number of aryl methyl sites for hydroxylation is 1. The zero-order valence-corrected chi connectivity index (χ0v) is 17.4. The predicted octanol–water partition coefficient (Wildman–Crippen LogP) is 4.01. The van der Waals surface area contributed by atoms with E-state index in [2.05, 4.69) is 5.32 Å². The monoisotopic (exact) mass is 400 g/mol. The van der Waals surface area contributed by atoms with E-state index in [1.807, 2.05) is 47.5 Å². The number of carbonyl (C=O) groups is 2. The SMILES string of the molecule is COc1cccc(CNC(=O)CCC2CCCN(C(=O)c3sccc3C)C2)c1. The van der Waals surface area contributed by atoms with E-state index in [1.54, 1.807) is 7.11 Å². The number of methoxy groups -OCH3 is 1. The fraction of sp³-hybridized carbons (Fsp3) is 0.455. The minimum Gasteiger partial charge on any atom is -0.497 e. The topological polar surface area (TPSA) is 58.6 Å². The summed E-state index contributed by atoms with van der Waals surface area (Å²) in [5, 5.41) is 4.95. The molecule has 0 spiro atoms. The Morgan fingerprint density at radius 2 is 2.18 bits per heavy atom. The molecule has 1 fully saturated rings. The lowest BCUT2D eigenvalue weighted by molar-refractivity contribution is -0.121. The molecule has 1 aliphatic rings. The Labute approximate surface area is 170 Å². The van der Waals surface area contributed by atoms with Gasteiger partial charge in [0.05, 0.1) is 12.0 Å². The molecule has 1 aliphatic heterocycles. The zero-order chi connectivity index (χ0) is 19.9. The van der Waals surface area contributed by atoms with Crippen molar-refractivity contribution in [3.8, 4) is 5.75 Å². The average molecular weight is 401 g/mol. The number of piperidine rings is 1. The summed E-state index contributed by atoms with van der Waals surface area (Å²) in [4.78, 5) is 27.8. The van der Waals surface area contributed by atoms with Crippen LogP contribution in [0.1, 0.15) is 46.5 Å². The van der Waals surface area contributed by atoms with Crippen LogP contribution in [-0.4, -0.2) is 36.9 Å². The van der Waals surface area contributed by atoms with Crippen molar-refractivity contribution in [2.24, 2.45) is 5.92 Å². The Kier molecular flexibility index (Phi) is 7.09. The molecule has 0 radical (unpaired) electrons. The molecule has 0 bridgehead atoms. The first-order valence-electron chi connectivity index (χ1n) is 9.80. The number of hydrogen-bond donors (Lipinski definition) is 1. The van der Waals surface area contributed by atoms with E-state index in [-0.39, 0.29) is 11.8 Å². The third-order valence-corrected chi connectivity index (χ3v) is 6.27. The van der Waals surface area contributed by atoms with Crippen LogP contribution < -0.4 is 10.1 Å². The molecule has 6 heteroatoms. The van der Waals surface area contributed by atoms with Crippen molar-refractivity contribution >= 4 is 23.2 Å². The van der Waals surface area contributed by atoms with Gasteiger partial charge in [-0.15, -0.1) is 11.3 Å². The highest BCUT2D eigenvalue weighted by atomic mass is 32.1. The van der Waals surface area contributed by atoms with Crippen molar-refractivity contribution < 1.29 is 14.3 Å². The van der Waals surface area contributed by atoms with Crippen LogP contribution in [0.2, 0.25) is 0 Å². The average Bonchev–Trinajstić information content (AvgIpc) is 3.16. The Balaban J connectivity index is 1.44. The van der Waals surface area contributed by atoms with E-state index < -0.39 is 0 Å². The lowest BCUT2D eigenvalue weighted by Crippen LogP contribution is -2.40. The van der Waals surface area contributed by atoms with Crippen molar-refractivity contribution in [2.45, 2.75) is 39.2 Å². The van der Waals surface area contributed by atoms with Crippen LogP contribution in [0.5, 0.6) is 5.75 Å². The number of amides is 2. The van der Waals surface area contributed by atoms with Crippen molar-refractivity contribution in [1.29, 1.82) is 0 Å². The van der Waals surface area contributed by atoms with Crippen LogP contribution in [0.15, 0.2) is 35.7 Å². The van der Waals surface area contributed by atoms with Gasteiger partial charge in [0, 0.05) is 26.1 Å². The minimum atomic E-state index is 0.0559. The highest BCUT2D eigenvalue weighted by Gasteiger charge is 2.26. The number of nitrogens with zero attached hydrogens (tertiary/aromatic N) is 1. The van der Waals surface area contributed by atoms with E-state index in [9.17, 15) is 9.59 Å². The Morgan fingerprint density at radius 3 is 2.93 bits per heavy atom. The molecule has 3 rings (SSSR count). The Hall–Kier alpha value is -2.34. The summed E-state index contributed by atoms with van der Waals surface area (Å²) in [7, 11) is 1.63. The number of benzene rings is 1. The largest absolute Gasteiger partial charge is 0.497 e. The molecule has 2 aromatic rings. The van der Waals surface area contributed by atoms with Gasteiger partial charge >= 0.3 is 0 Å². The van der Waals surface area contributed by atoms with Gasteiger partial charge in [0.1, 0.15) is 5.75 Å². The fourth-order valence-corrected chi connectivity index (χ4v) is 4.52. The van der Waals surface area contributed by atoms with Crippen LogP contribution in [-0.2, 0) is 11.3 Å². The van der Waals surface area contributed by atoms with Gasteiger partial charge in [-0.2, -0.15) is 0 Å². The number of thiophene rings is 1. The fourth-order valence-electron chi connectivity index (χ4n) is 3.63. The lowest BCUT2D eigenvalue weighted by Gasteiger charge is -2.32. The molecule has 150 valence electrons. The van der Waals surface area contributed by atoms with E-state index in [0.717, 1.165) is 54.1 Å². The van der Waals surface area contributed by atoms with Crippen LogP contribution in [0.3, 0.4) is 0 Å². The Morgan fingerprint density at radius 1 is 1.32 bits per heavy atom. The molecule has 0 saturated carbocycles. The van der Waals surface area contributed by atoms with Gasteiger partial charge in [-0.1, -0.05) is 12.1 Å². The molecule has 1 N–H and O–H groups in total. The van der Waals surface area contributed by atoms with Gasteiger partial charge in [0.25, 0.3) is 5.91 Å². The molecule has 1 atom stereocenters. The normalized spacial score (nSPS) is 16.6. The third-order valence-electron chi connectivity index (χ3n) is 5.27. The summed E-state index contributed by atoms with van der Waals surface area (Å²) in [5.74, 6) is 1.38. The van der Waals surface area contributed by atoms with Gasteiger partial charge in [-0.25, -0.2) is 0 Å². The zero-order valence-electron chi connectivity index (χ0n) is 16.6. The van der Waals surface area contributed by atoms with Gasteiger partial charge in [-0.3, -0.25) is 9.59 Å². The molecule has 1 aromatic heterocycles. The van der Waals surface area contributed by atoms with E-state index in [0.29, 0.717) is 18.9 Å². The maximum Gasteiger partial charge on any atom is 0.264 e. The predicted molar refractivity (Wildman–Crippen MR) is 112 cm³/mol. The standard InChI is InChI=1S/C22H28N2O3S/c1-16-10-12-28-21(16)22(26)24-11-4-6-17(15-24)8-9-20(25)23-14-18-5-3-7-19(13-18)27-2/h3,5,7,10,12-13,17H,4,6,8-9,11,14-15H2,1-2H3,(H,23,25). The second-order valence-corrected chi connectivity index (χ2v) is 8.28. The van der Waals surface area contributed by atoms with Gasteiger partial charge in [0.2, 0.25) is 5.91 Å². The molecular formula is C22H28N2O3S. The first-order valence-corrected chi connectivity index (χ1v) is 10.7. The molecule has 2 amide bonds. The maximum atomic E-state index is 12.7. The van der Waals surface area contributed by atoms with Gasteiger partial charge in [0.15, 0.2) is 0 Å². The minimum absolute atomic E-state index is 0.0559. The lowest BCUT2D eigenvalue weighted by atomic mass is 9.93. The van der Waals surface area contributed by atoms with Gasteiger partial charge < -0.3 is 15.0 Å². The highest BCUT2D eigenvalue weighted by molar-refractivity contribution is 7.12. The van der Waals surface area contributed by atoms with Crippen LogP contribution in [0.4, 0.5) is 0 Å². The Bertz CT molecular complexity index is 818. The van der Waals surface area contributed by atoms with Gasteiger partial charge in [-0.05, 0) is 66.8 Å². The smallest absolute Gasteiger partial charge is 0.264 e. The molecule has 1 unspecified atom stereocenters. The molecule has 28 heavy (non-hydrogen) atoms. The van der Waals surface area contributed by atoms with Crippen molar-refractivity contribution in [3.05, 3.63) is 51.7 Å². The van der Waals surface area contributed by atoms with Crippen LogP contribution >= 0.6 is 11.3 Å².